The Morgan fingerprint density at radius 1 is 1.11 bits per heavy atom. The van der Waals surface area contributed by atoms with Crippen LogP contribution in [0.4, 0.5) is 8.78 Å². The number of sulfonamides is 1. The fourth-order valence-electron chi connectivity index (χ4n) is 2.93. The Morgan fingerprint density at radius 3 is 2.48 bits per heavy atom. The topological polar surface area (TPSA) is 75.5 Å². The highest BCUT2D eigenvalue weighted by Crippen LogP contribution is 2.18. The first kappa shape index (κ1) is 19.4. The lowest BCUT2D eigenvalue weighted by Crippen LogP contribution is -2.37. The van der Waals surface area contributed by atoms with E-state index >= 15 is 0 Å². The Bertz CT molecular complexity index is 955. The minimum absolute atomic E-state index is 0.0251. The molecule has 0 atom stereocenters. The number of aromatic nitrogens is 2. The van der Waals surface area contributed by atoms with Crippen LogP contribution in [0.25, 0.3) is 0 Å². The number of imidazole rings is 1. The molecule has 0 spiro atoms. The lowest BCUT2D eigenvalue weighted by Gasteiger charge is -2.21. The summed E-state index contributed by atoms with van der Waals surface area (Å²) in [6, 6.07) is 2.98. The van der Waals surface area contributed by atoms with Crippen LogP contribution in [0.3, 0.4) is 0 Å². The molecule has 0 saturated carbocycles. The highest BCUT2D eigenvalue weighted by molar-refractivity contribution is 7.89. The molecular formula is C17H20F2N4O3S. The van der Waals surface area contributed by atoms with Gasteiger partial charge < -0.3 is 9.47 Å². The molecule has 146 valence electrons. The number of hydrogen-bond acceptors (Lipinski definition) is 4. The van der Waals surface area contributed by atoms with E-state index in [4.69, 9.17) is 0 Å². The third-order valence-corrected chi connectivity index (χ3v) is 6.37. The highest BCUT2D eigenvalue weighted by Gasteiger charge is 2.30. The fraction of sp³-hybridized carbons (Fsp3) is 0.412. The van der Waals surface area contributed by atoms with Crippen LogP contribution in [0.1, 0.15) is 22.6 Å². The van der Waals surface area contributed by atoms with Crippen molar-refractivity contribution < 1.29 is 22.0 Å². The van der Waals surface area contributed by atoms with Crippen molar-refractivity contribution in [2.75, 3.05) is 26.2 Å². The number of rotatable bonds is 3. The van der Waals surface area contributed by atoms with Gasteiger partial charge in [-0.2, -0.15) is 4.31 Å². The number of halogens is 2. The third kappa shape index (κ3) is 3.86. The average molecular weight is 398 g/mol. The molecule has 27 heavy (non-hydrogen) atoms. The van der Waals surface area contributed by atoms with Gasteiger partial charge in [0.15, 0.2) is 16.7 Å². The number of aryl methyl sites for hydroxylation is 2. The van der Waals surface area contributed by atoms with Crippen LogP contribution in [0, 0.1) is 18.6 Å². The fourth-order valence-corrected chi connectivity index (χ4v) is 4.43. The van der Waals surface area contributed by atoms with Gasteiger partial charge in [0.25, 0.3) is 15.9 Å². The first-order valence-corrected chi connectivity index (χ1v) is 9.88. The van der Waals surface area contributed by atoms with Crippen LogP contribution in [0.2, 0.25) is 0 Å². The van der Waals surface area contributed by atoms with Gasteiger partial charge in [-0.3, -0.25) is 4.79 Å². The van der Waals surface area contributed by atoms with Crippen molar-refractivity contribution in [1.29, 1.82) is 0 Å². The molecule has 3 rings (SSSR count). The Morgan fingerprint density at radius 2 is 1.85 bits per heavy atom. The number of carbonyl (C=O) groups is 1. The van der Waals surface area contributed by atoms with Crippen LogP contribution < -0.4 is 0 Å². The van der Waals surface area contributed by atoms with Gasteiger partial charge in [0.2, 0.25) is 0 Å². The predicted molar refractivity (Wildman–Crippen MR) is 93.6 cm³/mol. The normalized spacial score (nSPS) is 16.4. The van der Waals surface area contributed by atoms with Crippen LogP contribution in [0.5, 0.6) is 0 Å². The van der Waals surface area contributed by atoms with E-state index in [0.29, 0.717) is 18.8 Å². The van der Waals surface area contributed by atoms with E-state index in [-0.39, 0.29) is 30.2 Å². The lowest BCUT2D eigenvalue weighted by atomic mass is 10.2. The summed E-state index contributed by atoms with van der Waals surface area (Å²) in [6.45, 7) is 2.55. The largest absolute Gasteiger partial charge is 0.337 e. The number of carbonyl (C=O) groups excluding carboxylic acids is 1. The van der Waals surface area contributed by atoms with Crippen LogP contribution >= 0.6 is 0 Å². The molecule has 1 saturated heterocycles. The zero-order chi connectivity index (χ0) is 19.8. The molecule has 2 aromatic rings. The Hall–Kier alpha value is -2.33. The standard InChI is InChI=1S/C17H20F2N4O3S/c1-12-20-16(11-21(12)2)27(25,26)23-7-3-6-22(8-9-23)17(24)13-4-5-14(18)15(19)10-13/h4-5,10-11H,3,6-9H2,1-2H3. The zero-order valence-corrected chi connectivity index (χ0v) is 15.8. The monoisotopic (exact) mass is 398 g/mol. The summed E-state index contributed by atoms with van der Waals surface area (Å²) < 4.78 is 55.0. The molecule has 1 aromatic heterocycles. The average Bonchev–Trinajstić information content (AvgIpc) is 2.84. The zero-order valence-electron chi connectivity index (χ0n) is 15.0. The van der Waals surface area contributed by atoms with Crippen molar-refractivity contribution in [1.82, 2.24) is 18.8 Å². The molecule has 0 radical (unpaired) electrons. The maximum Gasteiger partial charge on any atom is 0.262 e. The molecule has 1 fully saturated rings. The Balaban J connectivity index is 1.75. The first-order chi connectivity index (χ1) is 12.7. The van der Waals surface area contributed by atoms with E-state index in [0.717, 1.165) is 12.1 Å². The molecule has 1 aliphatic rings. The summed E-state index contributed by atoms with van der Waals surface area (Å²) in [5.41, 5.74) is 0.0329. The van der Waals surface area contributed by atoms with E-state index in [1.807, 2.05) is 0 Å². The number of amides is 1. The molecule has 0 unspecified atom stereocenters. The second-order valence-corrected chi connectivity index (χ2v) is 8.30. The summed E-state index contributed by atoms with van der Waals surface area (Å²) in [5.74, 6) is -1.99. The molecule has 2 heterocycles. The van der Waals surface area contributed by atoms with E-state index in [1.165, 1.54) is 21.5 Å². The second-order valence-electron chi connectivity index (χ2n) is 6.42. The van der Waals surface area contributed by atoms with Gasteiger partial charge in [0, 0.05) is 45.0 Å². The summed E-state index contributed by atoms with van der Waals surface area (Å²) in [4.78, 5) is 18.1. The molecule has 10 heteroatoms. The summed E-state index contributed by atoms with van der Waals surface area (Å²) in [6.07, 6.45) is 1.89. The van der Waals surface area contributed by atoms with E-state index < -0.39 is 27.6 Å². The SMILES string of the molecule is Cc1nc(S(=O)(=O)N2CCCN(C(=O)c3ccc(F)c(F)c3)CC2)cn1C. The van der Waals surface area contributed by atoms with Crippen molar-refractivity contribution in [2.24, 2.45) is 7.05 Å². The van der Waals surface area contributed by atoms with Crippen molar-refractivity contribution in [3.8, 4) is 0 Å². The molecule has 1 amide bonds. The van der Waals surface area contributed by atoms with Crippen molar-refractivity contribution in [3.63, 3.8) is 0 Å². The molecular weight excluding hydrogens is 378 g/mol. The molecule has 1 aromatic carbocycles. The quantitative estimate of drug-likeness (QED) is 0.786. The van der Waals surface area contributed by atoms with E-state index in [9.17, 15) is 22.0 Å². The van der Waals surface area contributed by atoms with Crippen molar-refractivity contribution >= 4 is 15.9 Å². The van der Waals surface area contributed by atoms with Gasteiger partial charge in [0.1, 0.15) is 5.82 Å². The van der Waals surface area contributed by atoms with Gasteiger partial charge >= 0.3 is 0 Å². The second kappa shape index (κ2) is 7.35. The maximum absolute atomic E-state index is 13.4. The molecule has 0 N–H and O–H groups in total. The number of hydrogen-bond donors (Lipinski definition) is 0. The third-order valence-electron chi connectivity index (χ3n) is 4.60. The highest BCUT2D eigenvalue weighted by atomic mass is 32.2. The number of benzene rings is 1. The van der Waals surface area contributed by atoms with Crippen LogP contribution in [0.15, 0.2) is 29.4 Å². The van der Waals surface area contributed by atoms with Gasteiger partial charge in [-0.05, 0) is 31.5 Å². The lowest BCUT2D eigenvalue weighted by molar-refractivity contribution is 0.0763. The smallest absolute Gasteiger partial charge is 0.262 e. The maximum atomic E-state index is 13.4. The van der Waals surface area contributed by atoms with E-state index in [1.54, 1.807) is 18.5 Å². The Labute approximate surface area is 156 Å². The molecule has 0 aliphatic carbocycles. The summed E-state index contributed by atoms with van der Waals surface area (Å²) in [5, 5.41) is -0.0251. The first-order valence-electron chi connectivity index (χ1n) is 8.44. The van der Waals surface area contributed by atoms with Crippen LogP contribution in [-0.4, -0.2) is 59.3 Å². The van der Waals surface area contributed by atoms with Crippen molar-refractivity contribution in [2.45, 2.75) is 18.4 Å². The molecule has 1 aliphatic heterocycles. The van der Waals surface area contributed by atoms with E-state index in [2.05, 4.69) is 4.98 Å². The molecule has 7 nitrogen and oxygen atoms in total. The molecule has 0 bridgehead atoms. The Kier molecular flexibility index (Phi) is 5.29. The van der Waals surface area contributed by atoms with Crippen molar-refractivity contribution in [3.05, 3.63) is 47.4 Å². The predicted octanol–water partition coefficient (Wildman–Crippen LogP) is 1.54. The van der Waals surface area contributed by atoms with Gasteiger partial charge in [0.05, 0.1) is 0 Å². The van der Waals surface area contributed by atoms with Crippen LogP contribution in [-0.2, 0) is 17.1 Å². The van der Waals surface area contributed by atoms with Gasteiger partial charge in [-0.1, -0.05) is 0 Å². The minimum atomic E-state index is -3.76. The van der Waals surface area contributed by atoms with Gasteiger partial charge in [-0.15, -0.1) is 0 Å². The number of nitrogens with zero attached hydrogens (tertiary/aromatic N) is 4. The van der Waals surface area contributed by atoms with Gasteiger partial charge in [-0.25, -0.2) is 22.2 Å². The summed E-state index contributed by atoms with van der Waals surface area (Å²) >= 11 is 0. The minimum Gasteiger partial charge on any atom is -0.337 e. The summed E-state index contributed by atoms with van der Waals surface area (Å²) in [7, 11) is -2.05.